The molecule has 0 saturated carbocycles. The summed E-state index contributed by atoms with van der Waals surface area (Å²) < 4.78 is 5.16. The van der Waals surface area contributed by atoms with Crippen molar-refractivity contribution in [3.63, 3.8) is 0 Å². The maximum atomic E-state index is 11.7. The monoisotopic (exact) mass is 341 g/mol. The van der Waals surface area contributed by atoms with E-state index in [-0.39, 0.29) is 5.56 Å². The number of rotatable bonds is 4. The number of fused-ring (bicyclic) bond motifs is 1. The maximum Gasteiger partial charge on any atom is 0.336 e. The van der Waals surface area contributed by atoms with Gasteiger partial charge in [-0.2, -0.15) is 0 Å². The van der Waals surface area contributed by atoms with Gasteiger partial charge >= 0.3 is 5.97 Å². The van der Waals surface area contributed by atoms with E-state index in [9.17, 15) is 9.90 Å². The summed E-state index contributed by atoms with van der Waals surface area (Å²) in [6.45, 7) is 2.02. The number of methoxy groups -OCH3 is 1. The van der Waals surface area contributed by atoms with Gasteiger partial charge in [0.2, 0.25) is 0 Å². The van der Waals surface area contributed by atoms with Crippen LogP contribution in [0.5, 0.6) is 5.75 Å². The van der Waals surface area contributed by atoms with E-state index in [1.807, 2.05) is 25.1 Å². The van der Waals surface area contributed by atoms with Crippen LogP contribution in [0, 0.1) is 0 Å². The predicted molar refractivity (Wildman–Crippen MR) is 95.1 cm³/mol. The fraction of sp³-hybridized carbons (Fsp3) is 0.158. The van der Waals surface area contributed by atoms with Crippen LogP contribution in [0.4, 0.5) is 0 Å². The highest BCUT2D eigenvalue weighted by molar-refractivity contribution is 6.32. The van der Waals surface area contributed by atoms with Gasteiger partial charge < -0.3 is 9.84 Å². The largest absolute Gasteiger partial charge is 0.495 e. The van der Waals surface area contributed by atoms with Crippen molar-refractivity contribution in [1.29, 1.82) is 0 Å². The van der Waals surface area contributed by atoms with Gasteiger partial charge in [-0.3, -0.25) is 0 Å². The summed E-state index contributed by atoms with van der Waals surface area (Å²) in [7, 11) is 1.55. The van der Waals surface area contributed by atoms with Gasteiger partial charge in [0.05, 0.1) is 28.9 Å². The van der Waals surface area contributed by atoms with Gasteiger partial charge in [0.1, 0.15) is 5.75 Å². The zero-order valence-corrected chi connectivity index (χ0v) is 14.1. The van der Waals surface area contributed by atoms with E-state index in [2.05, 4.69) is 0 Å². The lowest BCUT2D eigenvalue weighted by molar-refractivity contribution is 0.0699. The van der Waals surface area contributed by atoms with Gasteiger partial charge in [0.15, 0.2) is 0 Å². The van der Waals surface area contributed by atoms with Crippen molar-refractivity contribution in [2.24, 2.45) is 0 Å². The molecule has 0 spiro atoms. The number of aromatic nitrogens is 1. The van der Waals surface area contributed by atoms with Crippen LogP contribution < -0.4 is 4.74 Å². The molecule has 0 radical (unpaired) electrons. The highest BCUT2D eigenvalue weighted by Crippen LogP contribution is 2.32. The molecule has 0 aliphatic rings. The number of aromatic carboxylic acids is 1. The van der Waals surface area contributed by atoms with Crippen LogP contribution in [0.15, 0.2) is 42.5 Å². The van der Waals surface area contributed by atoms with Crippen LogP contribution in [0.2, 0.25) is 5.02 Å². The standard InChI is InChI=1S/C19H16ClNO3/c1-3-11-5-4-6-13-14(19(22)23)10-16(21-18(11)13)12-7-8-17(24-2)15(20)9-12/h4-10H,3H2,1-2H3,(H,22,23). The molecular formula is C19H16ClNO3. The van der Waals surface area contributed by atoms with Crippen molar-refractivity contribution in [3.05, 3.63) is 58.6 Å². The first-order valence-electron chi connectivity index (χ1n) is 7.55. The van der Waals surface area contributed by atoms with Crippen molar-refractivity contribution in [2.75, 3.05) is 7.11 Å². The molecule has 24 heavy (non-hydrogen) atoms. The second-order valence-electron chi connectivity index (χ2n) is 5.38. The Morgan fingerprint density at radius 1 is 1.25 bits per heavy atom. The van der Waals surface area contributed by atoms with E-state index in [0.29, 0.717) is 27.4 Å². The SMILES string of the molecule is CCc1cccc2c(C(=O)O)cc(-c3ccc(OC)c(Cl)c3)nc12. The van der Waals surface area contributed by atoms with Gasteiger partial charge in [0, 0.05) is 10.9 Å². The number of para-hydroxylation sites is 1. The van der Waals surface area contributed by atoms with Crippen LogP contribution in [-0.4, -0.2) is 23.2 Å². The number of ether oxygens (including phenoxy) is 1. The highest BCUT2D eigenvalue weighted by Gasteiger charge is 2.15. The van der Waals surface area contributed by atoms with Crippen molar-refractivity contribution in [3.8, 4) is 17.0 Å². The summed E-state index contributed by atoms with van der Waals surface area (Å²) in [6, 6.07) is 12.5. The van der Waals surface area contributed by atoms with E-state index in [1.54, 1.807) is 31.4 Å². The first-order chi connectivity index (χ1) is 11.5. The lowest BCUT2D eigenvalue weighted by Gasteiger charge is -2.11. The number of pyridine rings is 1. The predicted octanol–water partition coefficient (Wildman–Crippen LogP) is 4.82. The molecule has 1 heterocycles. The molecule has 122 valence electrons. The third kappa shape index (κ3) is 2.81. The summed E-state index contributed by atoms with van der Waals surface area (Å²) in [5.74, 6) is -0.412. The van der Waals surface area contributed by atoms with Crippen molar-refractivity contribution >= 4 is 28.5 Å². The third-order valence-electron chi connectivity index (χ3n) is 3.98. The molecule has 5 heteroatoms. The first-order valence-corrected chi connectivity index (χ1v) is 7.92. The number of nitrogens with zero attached hydrogens (tertiary/aromatic N) is 1. The van der Waals surface area contributed by atoms with Gasteiger partial charge in [0.25, 0.3) is 0 Å². The first kappa shape index (κ1) is 16.3. The lowest BCUT2D eigenvalue weighted by Crippen LogP contribution is -2.02. The van der Waals surface area contributed by atoms with E-state index in [1.165, 1.54) is 0 Å². The average molecular weight is 342 g/mol. The third-order valence-corrected chi connectivity index (χ3v) is 4.28. The molecule has 1 aromatic heterocycles. The lowest BCUT2D eigenvalue weighted by atomic mass is 10.0. The number of aryl methyl sites for hydroxylation is 1. The zero-order valence-electron chi connectivity index (χ0n) is 13.3. The topological polar surface area (TPSA) is 59.4 Å². The summed E-state index contributed by atoms with van der Waals surface area (Å²) in [5, 5.41) is 10.7. The Bertz CT molecular complexity index is 937. The van der Waals surface area contributed by atoms with Crippen LogP contribution in [0.25, 0.3) is 22.2 Å². The van der Waals surface area contributed by atoms with Gasteiger partial charge in [-0.1, -0.05) is 36.7 Å². The Morgan fingerprint density at radius 3 is 2.67 bits per heavy atom. The van der Waals surface area contributed by atoms with E-state index in [0.717, 1.165) is 17.5 Å². The summed E-state index contributed by atoms with van der Waals surface area (Å²) >= 11 is 6.19. The van der Waals surface area contributed by atoms with Gasteiger partial charge in [-0.05, 0) is 36.2 Å². The molecule has 0 bridgehead atoms. The number of benzene rings is 2. The van der Waals surface area contributed by atoms with E-state index in [4.69, 9.17) is 21.3 Å². The Labute approximate surface area is 144 Å². The quantitative estimate of drug-likeness (QED) is 0.738. The molecule has 0 unspecified atom stereocenters. The molecule has 0 saturated heterocycles. The summed E-state index contributed by atoms with van der Waals surface area (Å²) in [5.41, 5.74) is 3.27. The fourth-order valence-electron chi connectivity index (χ4n) is 2.74. The van der Waals surface area contributed by atoms with Crippen LogP contribution in [0.1, 0.15) is 22.8 Å². The molecule has 0 fully saturated rings. The summed E-state index contributed by atoms with van der Waals surface area (Å²) in [6.07, 6.45) is 0.774. The molecule has 0 aliphatic carbocycles. The summed E-state index contributed by atoms with van der Waals surface area (Å²) in [4.78, 5) is 16.4. The number of carboxylic acid groups (broad SMARTS) is 1. The molecule has 1 N–H and O–H groups in total. The molecule has 3 rings (SSSR count). The molecule has 0 amide bonds. The average Bonchev–Trinajstić information content (AvgIpc) is 2.59. The highest BCUT2D eigenvalue weighted by atomic mass is 35.5. The van der Waals surface area contributed by atoms with Crippen LogP contribution in [0.3, 0.4) is 0 Å². The van der Waals surface area contributed by atoms with Gasteiger partial charge in [-0.25, -0.2) is 9.78 Å². The minimum atomic E-state index is -0.975. The normalized spacial score (nSPS) is 10.8. The molecule has 4 nitrogen and oxygen atoms in total. The molecule has 0 atom stereocenters. The number of carbonyl (C=O) groups is 1. The Hall–Kier alpha value is -2.59. The van der Waals surface area contributed by atoms with E-state index >= 15 is 0 Å². The van der Waals surface area contributed by atoms with Crippen molar-refractivity contribution in [2.45, 2.75) is 13.3 Å². The molecule has 3 aromatic rings. The number of hydrogen-bond acceptors (Lipinski definition) is 3. The Kier molecular flexibility index (Phi) is 4.40. The van der Waals surface area contributed by atoms with Crippen molar-refractivity contribution in [1.82, 2.24) is 4.98 Å². The Balaban J connectivity index is 2.29. The van der Waals surface area contributed by atoms with Crippen LogP contribution in [-0.2, 0) is 6.42 Å². The smallest absolute Gasteiger partial charge is 0.336 e. The minimum Gasteiger partial charge on any atom is -0.495 e. The van der Waals surface area contributed by atoms with Gasteiger partial charge in [-0.15, -0.1) is 0 Å². The minimum absolute atomic E-state index is 0.234. The second kappa shape index (κ2) is 6.49. The van der Waals surface area contributed by atoms with Crippen LogP contribution >= 0.6 is 11.6 Å². The number of hydrogen-bond donors (Lipinski definition) is 1. The molecule has 2 aromatic carbocycles. The fourth-order valence-corrected chi connectivity index (χ4v) is 3.00. The zero-order chi connectivity index (χ0) is 17.3. The second-order valence-corrected chi connectivity index (χ2v) is 5.78. The molecule has 0 aliphatic heterocycles. The maximum absolute atomic E-state index is 11.7. The number of halogens is 1. The van der Waals surface area contributed by atoms with E-state index < -0.39 is 5.97 Å². The number of carboxylic acids is 1. The Morgan fingerprint density at radius 2 is 2.04 bits per heavy atom. The molecular weight excluding hydrogens is 326 g/mol. The van der Waals surface area contributed by atoms with Crippen molar-refractivity contribution < 1.29 is 14.6 Å².